The van der Waals surface area contributed by atoms with E-state index in [-0.39, 0.29) is 5.91 Å². The maximum absolute atomic E-state index is 13.2. The van der Waals surface area contributed by atoms with E-state index < -0.39 is 0 Å². The van der Waals surface area contributed by atoms with Crippen molar-refractivity contribution in [1.29, 1.82) is 0 Å². The van der Waals surface area contributed by atoms with Gasteiger partial charge in [-0.25, -0.2) is 0 Å². The van der Waals surface area contributed by atoms with Crippen LogP contribution in [0.25, 0.3) is 0 Å². The second-order valence-electron chi connectivity index (χ2n) is 7.98. The predicted molar refractivity (Wildman–Crippen MR) is 98.0 cm³/mol. The Hall–Kier alpha value is -1.33. The summed E-state index contributed by atoms with van der Waals surface area (Å²) in [6.45, 7) is 11.9. The third kappa shape index (κ3) is 3.13. The number of aryl methyl sites for hydroxylation is 1. The highest BCUT2D eigenvalue weighted by Gasteiger charge is 2.39. The molecule has 2 saturated heterocycles. The smallest absolute Gasteiger partial charge is 0.255 e. The summed E-state index contributed by atoms with van der Waals surface area (Å²) in [4.78, 5) is 17.9. The molecule has 1 aliphatic carbocycles. The van der Waals surface area contributed by atoms with Crippen LogP contribution in [-0.4, -0.2) is 65.7 Å². The summed E-state index contributed by atoms with van der Waals surface area (Å²) >= 11 is 0. The quantitative estimate of drug-likeness (QED) is 0.842. The van der Waals surface area contributed by atoms with Gasteiger partial charge < -0.3 is 14.2 Å². The van der Waals surface area contributed by atoms with E-state index in [1.54, 1.807) is 0 Å². The van der Waals surface area contributed by atoms with Gasteiger partial charge in [-0.05, 0) is 38.7 Å². The first-order chi connectivity index (χ1) is 12.1. The van der Waals surface area contributed by atoms with Crippen LogP contribution in [0.5, 0.6) is 0 Å². The summed E-state index contributed by atoms with van der Waals surface area (Å²) < 4.78 is 7.88. The van der Waals surface area contributed by atoms with Crippen molar-refractivity contribution in [3.8, 4) is 0 Å². The lowest BCUT2D eigenvalue weighted by molar-refractivity contribution is 0.0103. The number of rotatable bonds is 4. The van der Waals surface area contributed by atoms with Crippen molar-refractivity contribution >= 4 is 5.91 Å². The molecule has 3 aliphatic rings. The van der Waals surface area contributed by atoms with Gasteiger partial charge in [-0.3, -0.25) is 9.69 Å². The monoisotopic (exact) mass is 345 g/mol. The predicted octanol–water partition coefficient (Wildman–Crippen LogP) is 2.62. The Labute approximate surface area is 150 Å². The van der Waals surface area contributed by atoms with Crippen LogP contribution in [-0.2, 0) is 4.74 Å². The van der Waals surface area contributed by atoms with Gasteiger partial charge in [0, 0.05) is 49.7 Å². The zero-order chi connectivity index (χ0) is 17.6. The molecule has 0 radical (unpaired) electrons. The minimum Gasteiger partial charge on any atom is -0.379 e. The van der Waals surface area contributed by atoms with E-state index >= 15 is 0 Å². The molecular weight excluding hydrogens is 314 g/mol. The molecule has 0 spiro atoms. The lowest BCUT2D eigenvalue weighted by atomic mass is 9.99. The average molecular weight is 345 g/mol. The molecule has 5 heteroatoms. The van der Waals surface area contributed by atoms with Gasteiger partial charge in [0.15, 0.2) is 0 Å². The molecule has 25 heavy (non-hydrogen) atoms. The molecule has 1 aromatic heterocycles. The van der Waals surface area contributed by atoms with Crippen molar-refractivity contribution in [2.45, 2.75) is 52.1 Å². The standard InChI is InChI=1S/C20H31N3O2/c1-4-16-12-22(13-19(16)21-7-9-25-10-8-21)20(24)18-11-14(2)23(15(18)3)17-5-6-17/h11,16-17,19H,4-10,12-13H2,1-3H3. The summed E-state index contributed by atoms with van der Waals surface area (Å²) in [7, 11) is 0. The van der Waals surface area contributed by atoms with Gasteiger partial charge in [0.1, 0.15) is 0 Å². The zero-order valence-corrected chi connectivity index (χ0v) is 15.8. The Morgan fingerprint density at radius 1 is 1.20 bits per heavy atom. The molecule has 2 atom stereocenters. The number of hydrogen-bond donors (Lipinski definition) is 0. The van der Waals surface area contributed by atoms with Gasteiger partial charge in [-0.2, -0.15) is 0 Å². The lowest BCUT2D eigenvalue weighted by Crippen LogP contribution is -2.47. The third-order valence-electron chi connectivity index (χ3n) is 6.36. The highest BCUT2D eigenvalue weighted by Crippen LogP contribution is 2.39. The molecule has 0 N–H and O–H groups in total. The van der Waals surface area contributed by atoms with Crippen molar-refractivity contribution in [2.75, 3.05) is 39.4 Å². The van der Waals surface area contributed by atoms with Crippen LogP contribution in [0, 0.1) is 19.8 Å². The number of morpholine rings is 1. The second-order valence-corrected chi connectivity index (χ2v) is 7.98. The van der Waals surface area contributed by atoms with Crippen molar-refractivity contribution in [3.05, 3.63) is 23.0 Å². The lowest BCUT2D eigenvalue weighted by Gasteiger charge is -2.34. The van der Waals surface area contributed by atoms with Crippen LogP contribution in [0.2, 0.25) is 0 Å². The maximum atomic E-state index is 13.2. The molecule has 4 rings (SSSR count). The van der Waals surface area contributed by atoms with Gasteiger partial charge in [0.05, 0.1) is 18.8 Å². The van der Waals surface area contributed by atoms with E-state index in [1.165, 1.54) is 18.5 Å². The zero-order valence-electron chi connectivity index (χ0n) is 15.8. The van der Waals surface area contributed by atoms with Gasteiger partial charge in [0.25, 0.3) is 5.91 Å². The molecule has 0 aromatic carbocycles. The number of carbonyl (C=O) groups is 1. The van der Waals surface area contributed by atoms with E-state index in [4.69, 9.17) is 4.74 Å². The molecular formula is C20H31N3O2. The first kappa shape index (κ1) is 17.1. The number of ether oxygens (including phenoxy) is 1. The van der Waals surface area contributed by atoms with Gasteiger partial charge in [-0.1, -0.05) is 13.3 Å². The van der Waals surface area contributed by atoms with Gasteiger partial charge in [0.2, 0.25) is 0 Å². The number of nitrogens with zero attached hydrogens (tertiary/aromatic N) is 3. The van der Waals surface area contributed by atoms with Crippen LogP contribution in [0.3, 0.4) is 0 Å². The molecule has 3 fully saturated rings. The van der Waals surface area contributed by atoms with Crippen molar-refractivity contribution < 1.29 is 9.53 Å². The number of aromatic nitrogens is 1. The van der Waals surface area contributed by atoms with E-state index in [1.807, 2.05) is 0 Å². The van der Waals surface area contributed by atoms with E-state index in [2.05, 4.69) is 41.2 Å². The fraction of sp³-hybridized carbons (Fsp3) is 0.750. The van der Waals surface area contributed by atoms with Gasteiger partial charge in [-0.15, -0.1) is 0 Å². The highest BCUT2D eigenvalue weighted by molar-refractivity contribution is 5.96. The molecule has 1 aromatic rings. The highest BCUT2D eigenvalue weighted by atomic mass is 16.5. The van der Waals surface area contributed by atoms with Crippen molar-refractivity contribution in [3.63, 3.8) is 0 Å². The maximum Gasteiger partial charge on any atom is 0.255 e. The molecule has 1 saturated carbocycles. The molecule has 5 nitrogen and oxygen atoms in total. The minimum atomic E-state index is 0.231. The Morgan fingerprint density at radius 2 is 1.92 bits per heavy atom. The summed E-state index contributed by atoms with van der Waals surface area (Å²) in [5, 5.41) is 0. The van der Waals surface area contributed by atoms with E-state index in [0.29, 0.717) is 18.0 Å². The number of carbonyl (C=O) groups excluding carboxylic acids is 1. The van der Waals surface area contributed by atoms with Crippen LogP contribution in [0.1, 0.15) is 54.0 Å². The molecule has 2 aliphatic heterocycles. The topological polar surface area (TPSA) is 37.7 Å². The van der Waals surface area contributed by atoms with Crippen LogP contribution < -0.4 is 0 Å². The van der Waals surface area contributed by atoms with Gasteiger partial charge >= 0.3 is 0 Å². The summed E-state index contributed by atoms with van der Waals surface area (Å²) in [6, 6.07) is 3.23. The van der Waals surface area contributed by atoms with Crippen molar-refractivity contribution in [1.82, 2.24) is 14.4 Å². The molecule has 2 unspecified atom stereocenters. The Balaban J connectivity index is 1.52. The molecule has 3 heterocycles. The average Bonchev–Trinajstić information content (AvgIpc) is 3.28. The number of amides is 1. The Bertz CT molecular complexity index is 644. The summed E-state index contributed by atoms with van der Waals surface area (Å²) in [5.74, 6) is 0.809. The molecule has 1 amide bonds. The van der Waals surface area contributed by atoms with E-state index in [0.717, 1.165) is 57.1 Å². The fourth-order valence-corrected chi connectivity index (χ4v) is 4.80. The van der Waals surface area contributed by atoms with Crippen LogP contribution in [0.15, 0.2) is 6.07 Å². The third-order valence-corrected chi connectivity index (χ3v) is 6.36. The second kappa shape index (κ2) is 6.76. The van der Waals surface area contributed by atoms with Crippen molar-refractivity contribution in [2.24, 2.45) is 5.92 Å². The molecule has 0 bridgehead atoms. The minimum absolute atomic E-state index is 0.231. The largest absolute Gasteiger partial charge is 0.379 e. The number of likely N-dealkylation sites (tertiary alicyclic amines) is 1. The molecule has 138 valence electrons. The fourth-order valence-electron chi connectivity index (χ4n) is 4.80. The van der Waals surface area contributed by atoms with Crippen LogP contribution in [0.4, 0.5) is 0 Å². The SMILES string of the molecule is CCC1CN(C(=O)c2cc(C)n(C3CC3)c2C)CC1N1CCOCC1. The normalized spacial score (nSPS) is 27.9. The Kier molecular flexibility index (Phi) is 4.63. The van der Waals surface area contributed by atoms with Crippen LogP contribution >= 0.6 is 0 Å². The summed E-state index contributed by atoms with van der Waals surface area (Å²) in [5.41, 5.74) is 3.31. The number of hydrogen-bond acceptors (Lipinski definition) is 3. The van der Waals surface area contributed by atoms with E-state index in [9.17, 15) is 4.79 Å². The first-order valence-electron chi connectivity index (χ1n) is 9.89. The summed E-state index contributed by atoms with van der Waals surface area (Å²) in [6.07, 6.45) is 3.64. The Morgan fingerprint density at radius 3 is 2.56 bits per heavy atom. The first-order valence-corrected chi connectivity index (χ1v) is 9.89.